The van der Waals surface area contributed by atoms with Crippen LogP contribution < -0.4 is 0 Å². The summed E-state index contributed by atoms with van der Waals surface area (Å²) in [7, 11) is 0. The number of hydrogen-bond donors (Lipinski definition) is 1. The molecule has 3 rings (SSSR count). The number of nitrogens with zero attached hydrogens (tertiary/aromatic N) is 2. The molecule has 2 bridgehead atoms. The largest absolute Gasteiger partial charge is 0.465 e. The molecule has 8 nitrogen and oxygen atoms in total. The van der Waals surface area contributed by atoms with Crippen molar-refractivity contribution in [1.82, 2.24) is 9.80 Å². The number of carbonyl (C=O) groups excluding carboxylic acids is 3. The summed E-state index contributed by atoms with van der Waals surface area (Å²) >= 11 is 0. The molecule has 1 N–H and O–H groups in total. The minimum Gasteiger partial charge on any atom is -0.465 e. The molecule has 8 heteroatoms. The average Bonchev–Trinajstić information content (AvgIpc) is 3.41. The smallest absolute Gasteiger partial charge is 0.312 e. The molecule has 1 spiro atoms. The molecule has 39 heavy (non-hydrogen) atoms. The van der Waals surface area contributed by atoms with Gasteiger partial charge in [0.05, 0.1) is 30.8 Å². The van der Waals surface area contributed by atoms with Gasteiger partial charge in [-0.2, -0.15) is 0 Å². The van der Waals surface area contributed by atoms with Crippen molar-refractivity contribution in [2.24, 2.45) is 23.7 Å². The third kappa shape index (κ3) is 5.69. The Balaban J connectivity index is 2.05. The summed E-state index contributed by atoms with van der Waals surface area (Å²) in [6.07, 6.45) is 8.73. The van der Waals surface area contributed by atoms with Gasteiger partial charge in [0.2, 0.25) is 11.8 Å². The van der Waals surface area contributed by atoms with E-state index in [1.807, 2.05) is 33.8 Å². The number of likely N-dealkylation sites (tertiary alicyclic amines) is 1. The van der Waals surface area contributed by atoms with Crippen LogP contribution in [0.15, 0.2) is 25.3 Å². The zero-order valence-electron chi connectivity index (χ0n) is 24.7. The highest BCUT2D eigenvalue weighted by Gasteiger charge is 2.80. The van der Waals surface area contributed by atoms with Crippen LogP contribution >= 0.6 is 0 Å². The summed E-state index contributed by atoms with van der Waals surface area (Å²) < 4.78 is 12.5. The van der Waals surface area contributed by atoms with E-state index in [1.165, 1.54) is 0 Å². The summed E-state index contributed by atoms with van der Waals surface area (Å²) in [5, 5.41) is 10.5. The number of esters is 1. The molecule has 0 aliphatic carbocycles. The lowest BCUT2D eigenvalue weighted by atomic mass is 9.62. The van der Waals surface area contributed by atoms with Gasteiger partial charge in [0, 0.05) is 13.1 Å². The van der Waals surface area contributed by atoms with Crippen LogP contribution in [0.4, 0.5) is 0 Å². The van der Waals surface area contributed by atoms with Crippen LogP contribution in [-0.4, -0.2) is 82.3 Å². The van der Waals surface area contributed by atoms with E-state index in [-0.39, 0.29) is 36.9 Å². The van der Waals surface area contributed by atoms with E-state index < -0.39 is 41.1 Å². The Morgan fingerprint density at radius 3 is 2.56 bits per heavy atom. The van der Waals surface area contributed by atoms with Crippen molar-refractivity contribution in [2.75, 3.05) is 26.3 Å². The number of amides is 2. The van der Waals surface area contributed by atoms with Gasteiger partial charge in [0.25, 0.3) is 0 Å². The molecule has 0 saturated carbocycles. The number of fused-ring (bicyclic) bond motifs is 1. The van der Waals surface area contributed by atoms with Gasteiger partial charge in [-0.1, -0.05) is 46.3 Å². The maximum absolute atomic E-state index is 14.4. The standard InChI is InChI=1S/C31H50N2O6/c1-8-11-13-14-17-38-29(37)25-24-27(35)33(23(20-34)18-21(4)5)26(28(36)32(15-10-3)16-12-9-2)31(24)19-22(6)30(25,7)39-31/h8,10,21-26,34H,1,3,9,11-20H2,2,4-7H3/t22?,23-,24+,25+,26?,30-,31?/m1/s1. The Morgan fingerprint density at radius 2 is 1.97 bits per heavy atom. The van der Waals surface area contributed by atoms with Gasteiger partial charge < -0.3 is 24.4 Å². The maximum Gasteiger partial charge on any atom is 0.312 e. The van der Waals surface area contributed by atoms with Crippen molar-refractivity contribution in [2.45, 2.75) is 103 Å². The maximum atomic E-state index is 14.4. The topological polar surface area (TPSA) is 96.4 Å². The van der Waals surface area contributed by atoms with Crippen molar-refractivity contribution in [3.8, 4) is 0 Å². The summed E-state index contributed by atoms with van der Waals surface area (Å²) in [5.74, 6) is -2.42. The SMILES string of the molecule is C=CCCCCOC(=O)[C@@H]1[C@H]2C(=O)N([C@@H](CO)CC(C)C)C(C(=O)N(CC=C)CCCC)C23CC(C)[C@@]1(C)O3. The molecule has 220 valence electrons. The van der Waals surface area contributed by atoms with Gasteiger partial charge >= 0.3 is 5.97 Å². The molecule has 0 aromatic carbocycles. The van der Waals surface area contributed by atoms with Crippen LogP contribution in [0.3, 0.4) is 0 Å². The average molecular weight is 547 g/mol. The van der Waals surface area contributed by atoms with Crippen LogP contribution in [-0.2, 0) is 23.9 Å². The first-order valence-electron chi connectivity index (χ1n) is 14.8. The lowest BCUT2D eigenvalue weighted by Gasteiger charge is -2.40. The monoisotopic (exact) mass is 546 g/mol. The van der Waals surface area contributed by atoms with Crippen molar-refractivity contribution in [1.29, 1.82) is 0 Å². The van der Waals surface area contributed by atoms with E-state index in [4.69, 9.17) is 9.47 Å². The summed E-state index contributed by atoms with van der Waals surface area (Å²) in [6.45, 7) is 18.5. The molecule has 7 atom stereocenters. The Morgan fingerprint density at radius 1 is 1.26 bits per heavy atom. The fourth-order valence-corrected chi connectivity index (χ4v) is 7.15. The number of ether oxygens (including phenoxy) is 2. The number of aliphatic hydroxyl groups excluding tert-OH is 1. The van der Waals surface area contributed by atoms with Crippen LogP contribution in [0, 0.1) is 23.7 Å². The Hall–Kier alpha value is -2.19. The van der Waals surface area contributed by atoms with Crippen LogP contribution in [0.1, 0.15) is 79.6 Å². The van der Waals surface area contributed by atoms with Crippen LogP contribution in [0.25, 0.3) is 0 Å². The Kier molecular flexibility index (Phi) is 10.4. The van der Waals surface area contributed by atoms with Crippen molar-refractivity contribution < 1.29 is 29.0 Å². The number of rotatable bonds is 16. The number of hydrogen-bond acceptors (Lipinski definition) is 6. The molecule has 3 aliphatic rings. The normalized spacial score (nSPS) is 31.9. The quantitative estimate of drug-likeness (QED) is 0.178. The van der Waals surface area contributed by atoms with E-state index in [1.54, 1.807) is 15.9 Å². The number of unbranched alkanes of at least 4 members (excludes halogenated alkanes) is 3. The third-order valence-corrected chi connectivity index (χ3v) is 9.08. The lowest BCUT2D eigenvalue weighted by molar-refractivity contribution is -0.164. The second-order valence-electron chi connectivity index (χ2n) is 12.3. The van der Waals surface area contributed by atoms with Gasteiger partial charge in [-0.15, -0.1) is 13.2 Å². The van der Waals surface area contributed by atoms with Crippen molar-refractivity contribution in [3.63, 3.8) is 0 Å². The van der Waals surface area contributed by atoms with E-state index in [0.717, 1.165) is 25.7 Å². The fraction of sp³-hybridized carbons (Fsp3) is 0.774. The minimum absolute atomic E-state index is 0.0590. The molecule has 0 aromatic heterocycles. The molecule has 3 fully saturated rings. The second kappa shape index (κ2) is 13.0. The summed E-state index contributed by atoms with van der Waals surface area (Å²) in [6, 6.07) is -1.47. The Bertz CT molecular complexity index is 921. The molecule has 0 aromatic rings. The van der Waals surface area contributed by atoms with Gasteiger partial charge in [0.1, 0.15) is 17.6 Å². The molecule has 3 unspecified atom stereocenters. The highest BCUT2D eigenvalue weighted by atomic mass is 16.6. The minimum atomic E-state index is -1.15. The number of carbonyl (C=O) groups is 3. The highest BCUT2D eigenvalue weighted by Crippen LogP contribution is 2.65. The molecular weight excluding hydrogens is 496 g/mol. The first kappa shape index (κ1) is 31.3. The highest BCUT2D eigenvalue weighted by molar-refractivity contribution is 5.98. The van der Waals surface area contributed by atoms with Gasteiger partial charge in [-0.3, -0.25) is 14.4 Å². The third-order valence-electron chi connectivity index (χ3n) is 9.08. The second-order valence-corrected chi connectivity index (χ2v) is 12.3. The molecule has 3 heterocycles. The predicted molar refractivity (Wildman–Crippen MR) is 151 cm³/mol. The molecule has 3 aliphatic heterocycles. The van der Waals surface area contributed by atoms with E-state index in [9.17, 15) is 19.5 Å². The van der Waals surface area contributed by atoms with E-state index in [2.05, 4.69) is 20.1 Å². The Labute approximate surface area is 234 Å². The van der Waals surface area contributed by atoms with Gasteiger partial charge in [-0.25, -0.2) is 0 Å². The molecule has 3 saturated heterocycles. The zero-order chi connectivity index (χ0) is 29.0. The molecule has 0 radical (unpaired) electrons. The molecule has 2 amide bonds. The van der Waals surface area contributed by atoms with Crippen molar-refractivity contribution in [3.05, 3.63) is 25.3 Å². The predicted octanol–water partition coefficient (Wildman–Crippen LogP) is 4.12. The number of aliphatic hydroxyl groups is 1. The number of allylic oxidation sites excluding steroid dienone is 1. The van der Waals surface area contributed by atoms with Crippen LogP contribution in [0.5, 0.6) is 0 Å². The first-order chi connectivity index (χ1) is 18.5. The van der Waals surface area contributed by atoms with E-state index >= 15 is 0 Å². The summed E-state index contributed by atoms with van der Waals surface area (Å²) in [4.78, 5) is 45.7. The lowest BCUT2D eigenvalue weighted by Crippen LogP contribution is -2.59. The molecular formula is C31H50N2O6. The van der Waals surface area contributed by atoms with E-state index in [0.29, 0.717) is 32.4 Å². The first-order valence-corrected chi connectivity index (χ1v) is 14.8. The van der Waals surface area contributed by atoms with Crippen molar-refractivity contribution >= 4 is 17.8 Å². The van der Waals surface area contributed by atoms with Crippen LogP contribution in [0.2, 0.25) is 0 Å². The zero-order valence-corrected chi connectivity index (χ0v) is 24.7. The van der Waals surface area contributed by atoms with Gasteiger partial charge in [-0.05, 0) is 57.3 Å². The fourth-order valence-electron chi connectivity index (χ4n) is 7.15. The summed E-state index contributed by atoms with van der Waals surface area (Å²) in [5.41, 5.74) is -2.06. The van der Waals surface area contributed by atoms with Gasteiger partial charge in [0.15, 0.2) is 0 Å².